The van der Waals surface area contributed by atoms with Crippen LogP contribution in [0.25, 0.3) is 0 Å². The molecule has 2 aliphatic carbocycles. The molecule has 136 valence electrons. The number of aryl methyl sites for hydroxylation is 1. The molecule has 2 aromatic heterocycles. The van der Waals surface area contributed by atoms with Crippen molar-refractivity contribution in [2.75, 3.05) is 23.3 Å². The average Bonchev–Trinajstić information content (AvgIpc) is 3.54. The lowest BCUT2D eigenvalue weighted by Crippen LogP contribution is -2.40. The van der Waals surface area contributed by atoms with Gasteiger partial charge in [-0.3, -0.25) is 0 Å². The zero-order valence-corrected chi connectivity index (χ0v) is 15.2. The molecule has 26 heavy (non-hydrogen) atoms. The number of aromatic nitrogens is 4. The summed E-state index contributed by atoms with van der Waals surface area (Å²) in [6.07, 6.45) is 13.0. The number of rotatable bonds is 4. The molecule has 0 atom stereocenters. The van der Waals surface area contributed by atoms with Gasteiger partial charge in [-0.15, -0.1) is 0 Å². The number of anilines is 2. The Balaban J connectivity index is 1.23. The summed E-state index contributed by atoms with van der Waals surface area (Å²) in [5, 5.41) is 3.63. The molecule has 1 saturated carbocycles. The van der Waals surface area contributed by atoms with Crippen molar-refractivity contribution < 1.29 is 0 Å². The molecule has 2 aromatic rings. The number of hydrogen-bond acceptors (Lipinski definition) is 6. The van der Waals surface area contributed by atoms with Gasteiger partial charge in [0.05, 0.1) is 0 Å². The molecule has 3 aliphatic rings. The molecule has 6 nitrogen and oxygen atoms in total. The van der Waals surface area contributed by atoms with Crippen molar-refractivity contribution in [1.29, 1.82) is 0 Å². The van der Waals surface area contributed by atoms with Gasteiger partial charge >= 0.3 is 0 Å². The van der Waals surface area contributed by atoms with E-state index in [1.165, 1.54) is 48.5 Å². The molecule has 1 aliphatic heterocycles. The molecular formula is C20H26N6. The van der Waals surface area contributed by atoms with Crippen LogP contribution < -0.4 is 10.2 Å². The van der Waals surface area contributed by atoms with Crippen LogP contribution in [0, 0.1) is 0 Å². The van der Waals surface area contributed by atoms with Crippen molar-refractivity contribution in [3.05, 3.63) is 35.7 Å². The van der Waals surface area contributed by atoms with E-state index in [2.05, 4.69) is 36.2 Å². The van der Waals surface area contributed by atoms with E-state index in [1.54, 1.807) is 12.7 Å². The SMILES string of the molecule is c1nc(NC2CCN(c3ncnc4c3CCCC4)CC2)cc(C2CC2)n1. The van der Waals surface area contributed by atoms with Gasteiger partial charge in [0.15, 0.2) is 0 Å². The van der Waals surface area contributed by atoms with E-state index in [4.69, 9.17) is 0 Å². The van der Waals surface area contributed by atoms with Crippen molar-refractivity contribution in [2.45, 2.75) is 63.3 Å². The number of nitrogens with one attached hydrogen (secondary N) is 1. The van der Waals surface area contributed by atoms with Crippen LogP contribution in [0.2, 0.25) is 0 Å². The van der Waals surface area contributed by atoms with Crippen LogP contribution in [0.15, 0.2) is 18.7 Å². The van der Waals surface area contributed by atoms with Gasteiger partial charge < -0.3 is 10.2 Å². The van der Waals surface area contributed by atoms with Crippen molar-refractivity contribution in [1.82, 2.24) is 19.9 Å². The Labute approximate surface area is 154 Å². The zero-order chi connectivity index (χ0) is 17.3. The quantitative estimate of drug-likeness (QED) is 0.914. The summed E-state index contributed by atoms with van der Waals surface area (Å²) in [5.41, 5.74) is 3.87. The Bertz CT molecular complexity index is 780. The van der Waals surface area contributed by atoms with Gasteiger partial charge in [-0.1, -0.05) is 0 Å². The van der Waals surface area contributed by atoms with Gasteiger partial charge in [-0.2, -0.15) is 0 Å². The molecule has 0 aromatic carbocycles. The maximum atomic E-state index is 4.64. The summed E-state index contributed by atoms with van der Waals surface area (Å²) in [7, 11) is 0. The minimum absolute atomic E-state index is 0.478. The van der Waals surface area contributed by atoms with Gasteiger partial charge in [0.1, 0.15) is 24.3 Å². The van der Waals surface area contributed by atoms with Gasteiger partial charge in [-0.25, -0.2) is 19.9 Å². The van der Waals surface area contributed by atoms with Crippen LogP contribution in [0.4, 0.5) is 11.6 Å². The lowest BCUT2D eigenvalue weighted by Gasteiger charge is -2.35. The summed E-state index contributed by atoms with van der Waals surface area (Å²) in [6, 6.07) is 2.62. The average molecular weight is 350 g/mol. The third-order valence-electron chi connectivity index (χ3n) is 5.93. The fourth-order valence-electron chi connectivity index (χ4n) is 4.27. The Morgan fingerprint density at radius 2 is 1.69 bits per heavy atom. The molecule has 2 fully saturated rings. The lowest BCUT2D eigenvalue weighted by atomic mass is 9.95. The Kier molecular flexibility index (Phi) is 4.19. The number of fused-ring (bicyclic) bond motifs is 1. The second-order valence-corrected chi connectivity index (χ2v) is 7.84. The Morgan fingerprint density at radius 3 is 2.54 bits per heavy atom. The monoisotopic (exact) mass is 350 g/mol. The van der Waals surface area contributed by atoms with E-state index in [0.29, 0.717) is 12.0 Å². The molecule has 1 saturated heterocycles. The second-order valence-electron chi connectivity index (χ2n) is 7.84. The fraction of sp³-hybridized carbons (Fsp3) is 0.600. The van der Waals surface area contributed by atoms with Gasteiger partial charge in [0, 0.05) is 48.1 Å². The highest BCUT2D eigenvalue weighted by Crippen LogP contribution is 2.39. The van der Waals surface area contributed by atoms with Crippen LogP contribution in [-0.4, -0.2) is 39.1 Å². The van der Waals surface area contributed by atoms with Gasteiger partial charge in [-0.05, 0) is 51.4 Å². The van der Waals surface area contributed by atoms with Crippen LogP contribution in [0.3, 0.4) is 0 Å². The number of nitrogens with zero attached hydrogens (tertiary/aromatic N) is 5. The minimum Gasteiger partial charge on any atom is -0.367 e. The molecule has 3 heterocycles. The maximum absolute atomic E-state index is 4.64. The predicted octanol–water partition coefficient (Wildman–Crippen LogP) is 3.10. The fourth-order valence-corrected chi connectivity index (χ4v) is 4.27. The first-order chi connectivity index (χ1) is 12.9. The summed E-state index contributed by atoms with van der Waals surface area (Å²) in [4.78, 5) is 20.4. The normalized spacial score (nSPS) is 20.7. The third kappa shape index (κ3) is 3.24. The van der Waals surface area contributed by atoms with Crippen molar-refractivity contribution in [3.63, 3.8) is 0 Å². The minimum atomic E-state index is 0.478. The van der Waals surface area contributed by atoms with Crippen LogP contribution in [-0.2, 0) is 12.8 Å². The highest BCUT2D eigenvalue weighted by molar-refractivity contribution is 5.50. The van der Waals surface area contributed by atoms with Crippen molar-refractivity contribution in [2.24, 2.45) is 0 Å². The summed E-state index contributed by atoms with van der Waals surface area (Å²) in [6.45, 7) is 2.09. The molecule has 0 radical (unpaired) electrons. The number of hydrogen-bond donors (Lipinski definition) is 1. The second kappa shape index (κ2) is 6.82. The van der Waals surface area contributed by atoms with E-state index < -0.39 is 0 Å². The molecule has 1 N–H and O–H groups in total. The molecule has 5 rings (SSSR count). The topological polar surface area (TPSA) is 66.8 Å². The highest BCUT2D eigenvalue weighted by atomic mass is 15.2. The number of piperidine rings is 1. The molecule has 0 amide bonds. The lowest BCUT2D eigenvalue weighted by molar-refractivity contribution is 0.518. The molecule has 0 spiro atoms. The molecule has 0 bridgehead atoms. The first kappa shape index (κ1) is 16.0. The smallest absolute Gasteiger partial charge is 0.135 e. The highest BCUT2D eigenvalue weighted by Gasteiger charge is 2.27. The van der Waals surface area contributed by atoms with E-state index >= 15 is 0 Å². The summed E-state index contributed by atoms with van der Waals surface area (Å²) >= 11 is 0. The van der Waals surface area contributed by atoms with E-state index in [-0.39, 0.29) is 0 Å². The van der Waals surface area contributed by atoms with Crippen LogP contribution in [0.1, 0.15) is 61.4 Å². The summed E-state index contributed by atoms with van der Waals surface area (Å²) < 4.78 is 0. The van der Waals surface area contributed by atoms with E-state index in [1.807, 2.05) is 0 Å². The van der Waals surface area contributed by atoms with Gasteiger partial charge in [0.2, 0.25) is 0 Å². The standard InChI is InChI=1S/C20H26N6/c1-2-4-17-16(3-1)20(24-13-21-17)26-9-7-15(8-10-26)25-19-11-18(14-5-6-14)22-12-23-19/h11-15H,1-10H2,(H,22,23,25). The summed E-state index contributed by atoms with van der Waals surface area (Å²) in [5.74, 6) is 2.84. The van der Waals surface area contributed by atoms with E-state index in [9.17, 15) is 0 Å². The molecular weight excluding hydrogens is 324 g/mol. The third-order valence-corrected chi connectivity index (χ3v) is 5.93. The first-order valence-electron chi connectivity index (χ1n) is 10.0. The van der Waals surface area contributed by atoms with Gasteiger partial charge in [0.25, 0.3) is 0 Å². The maximum Gasteiger partial charge on any atom is 0.135 e. The Morgan fingerprint density at radius 1 is 0.885 bits per heavy atom. The Hall–Kier alpha value is -2.24. The molecule has 0 unspecified atom stereocenters. The van der Waals surface area contributed by atoms with E-state index in [0.717, 1.165) is 44.6 Å². The predicted molar refractivity (Wildman–Crippen MR) is 102 cm³/mol. The van der Waals surface area contributed by atoms with Crippen LogP contribution in [0.5, 0.6) is 0 Å². The van der Waals surface area contributed by atoms with Crippen LogP contribution >= 0.6 is 0 Å². The van der Waals surface area contributed by atoms with Crippen molar-refractivity contribution in [3.8, 4) is 0 Å². The molecule has 6 heteroatoms. The van der Waals surface area contributed by atoms with Crippen molar-refractivity contribution >= 4 is 11.6 Å². The first-order valence-corrected chi connectivity index (χ1v) is 10.0. The zero-order valence-electron chi connectivity index (χ0n) is 15.2. The largest absolute Gasteiger partial charge is 0.367 e.